The van der Waals surface area contributed by atoms with E-state index in [1.807, 2.05) is 66.7 Å². The van der Waals surface area contributed by atoms with Crippen molar-refractivity contribution in [1.82, 2.24) is 9.58 Å². The molecule has 1 aromatic heterocycles. The highest BCUT2D eigenvalue weighted by Crippen LogP contribution is 2.37. The maximum atomic E-state index is 14.0. The largest absolute Gasteiger partial charge is 0.493 e. The molecule has 7 heteroatoms. The lowest BCUT2D eigenvalue weighted by Crippen LogP contribution is -2.55. The predicted molar refractivity (Wildman–Crippen MR) is 161 cm³/mol. The van der Waals surface area contributed by atoms with Gasteiger partial charge >= 0.3 is 0 Å². The molecule has 1 aliphatic rings. The Labute approximate surface area is 240 Å². The van der Waals surface area contributed by atoms with Gasteiger partial charge in [-0.2, -0.15) is 0 Å². The van der Waals surface area contributed by atoms with Gasteiger partial charge in [0.15, 0.2) is 11.4 Å². The Kier molecular flexibility index (Phi) is 8.84. The van der Waals surface area contributed by atoms with E-state index in [9.17, 15) is 9.59 Å². The third-order valence-corrected chi connectivity index (χ3v) is 7.04. The van der Waals surface area contributed by atoms with Gasteiger partial charge in [0.25, 0.3) is 5.91 Å². The van der Waals surface area contributed by atoms with E-state index < -0.39 is 0 Å². The van der Waals surface area contributed by atoms with Gasteiger partial charge in [-0.3, -0.25) is 19.3 Å². The zero-order chi connectivity index (χ0) is 28.6. The minimum Gasteiger partial charge on any atom is -0.493 e. The number of para-hydroxylation sites is 1. The Morgan fingerprint density at radius 2 is 1.61 bits per heavy atom. The highest BCUT2D eigenvalue weighted by molar-refractivity contribution is 5.96. The highest BCUT2D eigenvalue weighted by atomic mass is 16.5. The van der Waals surface area contributed by atoms with Crippen molar-refractivity contribution < 1.29 is 14.3 Å². The molecule has 2 heterocycles. The molecule has 210 valence electrons. The first kappa shape index (κ1) is 27.8. The third-order valence-electron chi connectivity index (χ3n) is 7.04. The van der Waals surface area contributed by atoms with Crippen LogP contribution in [-0.4, -0.2) is 35.3 Å². The van der Waals surface area contributed by atoms with E-state index in [1.54, 1.807) is 21.8 Å². The minimum absolute atomic E-state index is 0.0389. The fraction of sp³-hybridized carbons (Fsp3) is 0.235. The van der Waals surface area contributed by atoms with Gasteiger partial charge in [0.2, 0.25) is 5.43 Å². The Hall–Kier alpha value is -4.78. The Morgan fingerprint density at radius 1 is 0.902 bits per heavy atom. The summed E-state index contributed by atoms with van der Waals surface area (Å²) < 4.78 is 14.1. The Balaban J connectivity index is 1.67. The van der Waals surface area contributed by atoms with Crippen molar-refractivity contribution in [3.05, 3.63) is 142 Å². The molecule has 1 amide bonds. The van der Waals surface area contributed by atoms with Crippen LogP contribution in [0.2, 0.25) is 0 Å². The van der Waals surface area contributed by atoms with Gasteiger partial charge in [0, 0.05) is 24.4 Å². The number of nitrogens with zero attached hydrogens (tertiary/aromatic N) is 3. The second-order valence-electron chi connectivity index (χ2n) is 9.90. The summed E-state index contributed by atoms with van der Waals surface area (Å²) in [7, 11) is 0. The summed E-state index contributed by atoms with van der Waals surface area (Å²) in [6.07, 6.45) is 4.95. The molecule has 0 radical (unpaired) electrons. The third kappa shape index (κ3) is 6.04. The summed E-state index contributed by atoms with van der Waals surface area (Å²) in [5.74, 6) is 0.559. The van der Waals surface area contributed by atoms with E-state index in [4.69, 9.17) is 9.47 Å². The maximum Gasteiger partial charge on any atom is 0.277 e. The van der Waals surface area contributed by atoms with Gasteiger partial charge < -0.3 is 14.4 Å². The van der Waals surface area contributed by atoms with Crippen molar-refractivity contribution >= 4 is 5.91 Å². The summed E-state index contributed by atoms with van der Waals surface area (Å²) in [6.45, 7) is 7.43. The standard InChI is InChI=1S/C34H35N3O4/c1-3-5-21-35-25-37(31(27-16-10-7-11-17-27)28-18-12-13-19-30(28)40-23-4-2)36-22-20-29(38)33(32(36)34(35)39)41-24-26-14-8-6-9-15-26/h3,6-20,22,31H,1,4-5,21,23-25H2,2H3. The summed E-state index contributed by atoms with van der Waals surface area (Å²) in [5.41, 5.74) is 2.75. The highest BCUT2D eigenvalue weighted by Gasteiger charge is 2.37. The molecule has 0 saturated carbocycles. The summed E-state index contributed by atoms with van der Waals surface area (Å²) in [4.78, 5) is 28.9. The molecule has 0 saturated heterocycles. The molecule has 1 atom stereocenters. The van der Waals surface area contributed by atoms with Gasteiger partial charge in [-0.25, -0.2) is 0 Å². The summed E-state index contributed by atoms with van der Waals surface area (Å²) in [5, 5.41) is 2.10. The molecule has 7 nitrogen and oxygen atoms in total. The lowest BCUT2D eigenvalue weighted by atomic mass is 9.97. The SMILES string of the molecule is C=CCCN1CN(C(c2ccccc2)c2ccccc2OCCC)n2ccc(=O)c(OCc3ccccc3)c2C1=O. The van der Waals surface area contributed by atoms with Crippen molar-refractivity contribution in [2.24, 2.45) is 0 Å². The Morgan fingerprint density at radius 3 is 2.34 bits per heavy atom. The Bertz CT molecular complexity index is 1530. The van der Waals surface area contributed by atoms with Gasteiger partial charge in [-0.1, -0.05) is 91.9 Å². The zero-order valence-corrected chi connectivity index (χ0v) is 23.3. The topological polar surface area (TPSA) is 64.0 Å². The molecule has 4 aromatic rings. The normalized spacial score (nSPS) is 13.4. The molecule has 1 aliphatic heterocycles. The number of carbonyl (C=O) groups is 1. The number of hydrogen-bond donors (Lipinski definition) is 0. The average molecular weight is 550 g/mol. The van der Waals surface area contributed by atoms with Crippen molar-refractivity contribution in [1.29, 1.82) is 0 Å². The van der Waals surface area contributed by atoms with Gasteiger partial charge in [-0.15, -0.1) is 6.58 Å². The summed E-state index contributed by atoms with van der Waals surface area (Å²) in [6, 6.07) is 28.9. The molecule has 0 bridgehead atoms. The minimum atomic E-state index is -0.339. The lowest BCUT2D eigenvalue weighted by molar-refractivity contribution is 0.0679. The van der Waals surface area contributed by atoms with Gasteiger partial charge in [0.05, 0.1) is 6.61 Å². The number of pyridine rings is 1. The van der Waals surface area contributed by atoms with E-state index in [-0.39, 0.29) is 35.4 Å². The number of rotatable bonds is 12. The van der Waals surface area contributed by atoms with Gasteiger partial charge in [0.1, 0.15) is 25.1 Å². The van der Waals surface area contributed by atoms with Crippen LogP contribution in [0.25, 0.3) is 0 Å². The van der Waals surface area contributed by atoms with Gasteiger partial charge in [-0.05, 0) is 30.0 Å². The number of benzene rings is 3. The number of hydrogen-bond acceptors (Lipinski definition) is 5. The van der Waals surface area contributed by atoms with E-state index >= 15 is 0 Å². The van der Waals surface area contributed by atoms with Crippen LogP contribution in [0.15, 0.2) is 115 Å². The van der Waals surface area contributed by atoms with E-state index in [0.29, 0.717) is 26.2 Å². The van der Waals surface area contributed by atoms with Crippen LogP contribution >= 0.6 is 0 Å². The molecule has 3 aromatic carbocycles. The quantitative estimate of drug-likeness (QED) is 0.205. The van der Waals surface area contributed by atoms with Crippen LogP contribution < -0.4 is 19.9 Å². The molecule has 0 aliphatic carbocycles. The lowest BCUT2D eigenvalue weighted by Gasteiger charge is -2.44. The first-order valence-corrected chi connectivity index (χ1v) is 14.0. The molecular formula is C34H35N3O4. The van der Waals surface area contributed by atoms with Crippen LogP contribution in [0.5, 0.6) is 11.5 Å². The van der Waals surface area contributed by atoms with Crippen molar-refractivity contribution in [2.75, 3.05) is 24.8 Å². The molecule has 5 rings (SSSR count). The molecule has 0 spiro atoms. The van der Waals surface area contributed by atoms with Crippen LogP contribution in [0.3, 0.4) is 0 Å². The number of aromatic nitrogens is 1. The molecule has 41 heavy (non-hydrogen) atoms. The first-order valence-electron chi connectivity index (χ1n) is 14.0. The molecule has 0 N–H and O–H groups in total. The predicted octanol–water partition coefficient (Wildman–Crippen LogP) is 5.93. The number of ether oxygens (including phenoxy) is 2. The smallest absolute Gasteiger partial charge is 0.277 e. The van der Waals surface area contributed by atoms with E-state index in [0.717, 1.165) is 28.9 Å². The average Bonchev–Trinajstić information content (AvgIpc) is 3.01. The molecular weight excluding hydrogens is 514 g/mol. The van der Waals surface area contributed by atoms with Crippen LogP contribution in [0.4, 0.5) is 0 Å². The van der Waals surface area contributed by atoms with Crippen LogP contribution in [0, 0.1) is 0 Å². The second-order valence-corrected chi connectivity index (χ2v) is 9.90. The summed E-state index contributed by atoms with van der Waals surface area (Å²) >= 11 is 0. The van der Waals surface area contributed by atoms with E-state index in [1.165, 1.54) is 6.07 Å². The molecule has 0 fully saturated rings. The van der Waals surface area contributed by atoms with Crippen LogP contribution in [0.1, 0.15) is 53.0 Å². The maximum absolute atomic E-state index is 14.0. The van der Waals surface area contributed by atoms with Crippen molar-refractivity contribution in [2.45, 2.75) is 32.4 Å². The molecule has 1 unspecified atom stereocenters. The number of carbonyl (C=O) groups excluding carboxylic acids is 1. The fourth-order valence-corrected chi connectivity index (χ4v) is 5.07. The zero-order valence-electron chi connectivity index (χ0n) is 23.3. The van der Waals surface area contributed by atoms with Crippen molar-refractivity contribution in [3.8, 4) is 11.5 Å². The van der Waals surface area contributed by atoms with Crippen LogP contribution in [-0.2, 0) is 6.61 Å². The fourth-order valence-electron chi connectivity index (χ4n) is 5.07. The van der Waals surface area contributed by atoms with E-state index in [2.05, 4.69) is 36.7 Å². The number of fused-ring (bicyclic) bond motifs is 1. The first-order chi connectivity index (χ1) is 20.1. The second kappa shape index (κ2) is 13.0. The monoisotopic (exact) mass is 549 g/mol. The number of amides is 1. The van der Waals surface area contributed by atoms with Crippen molar-refractivity contribution in [3.63, 3.8) is 0 Å².